The molecule has 2 unspecified atom stereocenters. The highest BCUT2D eigenvalue weighted by molar-refractivity contribution is 7.86. The molecular formula is C19H28ClN3O4S. The predicted octanol–water partition coefficient (Wildman–Crippen LogP) is 1.77. The summed E-state index contributed by atoms with van der Waals surface area (Å²) in [5, 5.41) is 0.677. The quantitative estimate of drug-likeness (QED) is 0.715. The molecule has 2 heterocycles. The van der Waals surface area contributed by atoms with Gasteiger partial charge in [0, 0.05) is 50.7 Å². The molecule has 9 heteroatoms. The highest BCUT2D eigenvalue weighted by atomic mass is 35.5. The lowest BCUT2D eigenvalue weighted by molar-refractivity contribution is -0.132. The molecule has 0 radical (unpaired) electrons. The zero-order valence-corrected chi connectivity index (χ0v) is 18.0. The Balaban J connectivity index is 1.50. The second-order valence-corrected chi connectivity index (χ2v) is 9.85. The fourth-order valence-corrected chi connectivity index (χ4v) is 5.59. The van der Waals surface area contributed by atoms with Gasteiger partial charge < -0.3 is 9.64 Å². The summed E-state index contributed by atoms with van der Waals surface area (Å²) in [7, 11) is -3.52. The van der Waals surface area contributed by atoms with Crippen molar-refractivity contribution in [3.8, 4) is 0 Å². The summed E-state index contributed by atoms with van der Waals surface area (Å²) >= 11 is 5.88. The van der Waals surface area contributed by atoms with Crippen LogP contribution in [-0.2, 0) is 26.2 Å². The fourth-order valence-electron chi connectivity index (χ4n) is 3.71. The Morgan fingerprint density at radius 1 is 1.04 bits per heavy atom. The molecule has 2 aliphatic heterocycles. The third kappa shape index (κ3) is 5.24. The molecule has 3 rings (SSSR count). The third-order valence-electron chi connectivity index (χ3n) is 5.17. The zero-order valence-electron chi connectivity index (χ0n) is 16.4. The van der Waals surface area contributed by atoms with Crippen LogP contribution in [0.15, 0.2) is 24.3 Å². The Morgan fingerprint density at radius 2 is 1.61 bits per heavy atom. The van der Waals surface area contributed by atoms with Crippen molar-refractivity contribution in [2.24, 2.45) is 0 Å². The van der Waals surface area contributed by atoms with Gasteiger partial charge in [-0.05, 0) is 38.0 Å². The first-order valence-electron chi connectivity index (χ1n) is 9.68. The van der Waals surface area contributed by atoms with Gasteiger partial charge in [0.15, 0.2) is 0 Å². The van der Waals surface area contributed by atoms with Crippen molar-refractivity contribution in [3.63, 3.8) is 0 Å². The molecule has 2 fully saturated rings. The highest BCUT2D eigenvalue weighted by Gasteiger charge is 2.37. The van der Waals surface area contributed by atoms with Crippen LogP contribution < -0.4 is 0 Å². The standard InChI is InChI=1S/C19H28ClN3O4S/c1-15-13-23(14-16(2)27-15)28(25,26)22-11-9-21(10-12-22)19(24)8-5-17-3-6-18(20)7-4-17/h3-4,6-7,15-16H,5,8-14H2,1-2H3. The minimum absolute atomic E-state index is 0.0561. The van der Waals surface area contributed by atoms with Crippen molar-refractivity contribution in [2.45, 2.75) is 38.9 Å². The number of amides is 1. The van der Waals surface area contributed by atoms with E-state index in [0.29, 0.717) is 57.1 Å². The molecule has 28 heavy (non-hydrogen) atoms. The number of carbonyl (C=O) groups is 1. The Bertz CT molecular complexity index is 769. The summed E-state index contributed by atoms with van der Waals surface area (Å²) in [6.45, 7) is 6.01. The van der Waals surface area contributed by atoms with Crippen molar-refractivity contribution in [1.29, 1.82) is 0 Å². The van der Waals surface area contributed by atoms with Crippen molar-refractivity contribution in [2.75, 3.05) is 39.3 Å². The minimum atomic E-state index is -3.52. The molecule has 2 saturated heterocycles. The van der Waals surface area contributed by atoms with Gasteiger partial charge >= 0.3 is 0 Å². The summed E-state index contributed by atoms with van der Waals surface area (Å²) in [6.07, 6.45) is 0.828. The fraction of sp³-hybridized carbons (Fsp3) is 0.632. The molecule has 2 aliphatic rings. The minimum Gasteiger partial charge on any atom is -0.373 e. The Hall–Kier alpha value is -1.19. The second kappa shape index (κ2) is 9.09. The van der Waals surface area contributed by atoms with Crippen LogP contribution >= 0.6 is 11.6 Å². The smallest absolute Gasteiger partial charge is 0.282 e. The number of halogens is 1. The van der Waals surface area contributed by atoms with E-state index in [4.69, 9.17) is 16.3 Å². The largest absolute Gasteiger partial charge is 0.373 e. The lowest BCUT2D eigenvalue weighted by Gasteiger charge is -2.40. The van der Waals surface area contributed by atoms with Crippen LogP contribution in [0.1, 0.15) is 25.8 Å². The molecule has 156 valence electrons. The van der Waals surface area contributed by atoms with Crippen LogP contribution in [0.2, 0.25) is 5.02 Å². The summed E-state index contributed by atoms with van der Waals surface area (Å²) in [5.41, 5.74) is 1.06. The number of nitrogens with zero attached hydrogens (tertiary/aromatic N) is 3. The van der Waals surface area contributed by atoms with E-state index in [1.807, 2.05) is 38.1 Å². The molecule has 2 atom stereocenters. The van der Waals surface area contributed by atoms with E-state index in [0.717, 1.165) is 5.56 Å². The van der Waals surface area contributed by atoms with Gasteiger partial charge in [-0.3, -0.25) is 4.79 Å². The average molecular weight is 430 g/mol. The van der Waals surface area contributed by atoms with E-state index < -0.39 is 10.2 Å². The number of morpholine rings is 1. The molecule has 0 spiro atoms. The van der Waals surface area contributed by atoms with E-state index in [9.17, 15) is 13.2 Å². The topological polar surface area (TPSA) is 70.2 Å². The lowest BCUT2D eigenvalue weighted by atomic mass is 10.1. The molecule has 0 bridgehead atoms. The first-order chi connectivity index (χ1) is 13.3. The number of benzene rings is 1. The van der Waals surface area contributed by atoms with Crippen LogP contribution in [0.5, 0.6) is 0 Å². The number of hydrogen-bond donors (Lipinski definition) is 0. The summed E-state index contributed by atoms with van der Waals surface area (Å²) < 4.78 is 34.5. The third-order valence-corrected chi connectivity index (χ3v) is 7.39. The Kier molecular flexibility index (Phi) is 6.98. The predicted molar refractivity (Wildman–Crippen MR) is 108 cm³/mol. The van der Waals surface area contributed by atoms with Crippen molar-refractivity contribution < 1.29 is 17.9 Å². The molecule has 0 N–H and O–H groups in total. The number of piperazine rings is 1. The van der Waals surface area contributed by atoms with E-state index in [1.165, 1.54) is 8.61 Å². The van der Waals surface area contributed by atoms with Gasteiger partial charge in [0.05, 0.1) is 12.2 Å². The van der Waals surface area contributed by atoms with Crippen LogP contribution in [0, 0.1) is 0 Å². The second-order valence-electron chi connectivity index (χ2n) is 7.49. The van der Waals surface area contributed by atoms with Crippen molar-refractivity contribution in [3.05, 3.63) is 34.9 Å². The molecule has 1 amide bonds. The molecular weight excluding hydrogens is 402 g/mol. The van der Waals surface area contributed by atoms with E-state index in [2.05, 4.69) is 0 Å². The van der Waals surface area contributed by atoms with Gasteiger partial charge in [0.1, 0.15) is 0 Å². The van der Waals surface area contributed by atoms with Gasteiger partial charge in [-0.1, -0.05) is 23.7 Å². The normalized spacial score (nSPS) is 25.0. The summed E-state index contributed by atoms with van der Waals surface area (Å²) in [5.74, 6) is 0.0561. The molecule has 1 aromatic carbocycles. The van der Waals surface area contributed by atoms with Crippen molar-refractivity contribution >= 4 is 27.7 Å². The molecule has 0 aliphatic carbocycles. The maximum atomic E-state index is 12.9. The summed E-state index contributed by atoms with van der Waals surface area (Å²) in [4.78, 5) is 14.2. The SMILES string of the molecule is CC1CN(S(=O)(=O)N2CCN(C(=O)CCc3ccc(Cl)cc3)CC2)CC(C)O1. The van der Waals surface area contributed by atoms with Crippen LogP contribution in [0.4, 0.5) is 0 Å². The van der Waals surface area contributed by atoms with Gasteiger partial charge in [0.25, 0.3) is 10.2 Å². The van der Waals surface area contributed by atoms with E-state index in [1.54, 1.807) is 4.90 Å². The van der Waals surface area contributed by atoms with Crippen LogP contribution in [-0.4, -0.2) is 79.3 Å². The van der Waals surface area contributed by atoms with Gasteiger partial charge in [-0.2, -0.15) is 17.0 Å². The van der Waals surface area contributed by atoms with Crippen molar-refractivity contribution in [1.82, 2.24) is 13.5 Å². The number of aryl methyl sites for hydroxylation is 1. The number of rotatable bonds is 5. The molecule has 0 saturated carbocycles. The Morgan fingerprint density at radius 3 is 2.18 bits per heavy atom. The van der Waals surface area contributed by atoms with Gasteiger partial charge in [0.2, 0.25) is 5.91 Å². The number of carbonyl (C=O) groups excluding carboxylic acids is 1. The first-order valence-corrected chi connectivity index (χ1v) is 11.5. The Labute approximate surface area is 172 Å². The zero-order chi connectivity index (χ0) is 20.3. The van der Waals surface area contributed by atoms with E-state index >= 15 is 0 Å². The van der Waals surface area contributed by atoms with E-state index in [-0.39, 0.29) is 18.1 Å². The first kappa shape index (κ1) is 21.5. The van der Waals surface area contributed by atoms with Gasteiger partial charge in [-0.25, -0.2) is 0 Å². The number of ether oxygens (including phenoxy) is 1. The highest BCUT2D eigenvalue weighted by Crippen LogP contribution is 2.19. The molecule has 7 nitrogen and oxygen atoms in total. The maximum Gasteiger partial charge on any atom is 0.282 e. The lowest BCUT2D eigenvalue weighted by Crippen LogP contribution is -2.57. The van der Waals surface area contributed by atoms with Gasteiger partial charge in [-0.15, -0.1) is 0 Å². The average Bonchev–Trinajstić information content (AvgIpc) is 2.66. The monoisotopic (exact) mass is 429 g/mol. The molecule has 0 aromatic heterocycles. The van der Waals surface area contributed by atoms with Crippen LogP contribution in [0.3, 0.4) is 0 Å². The number of hydrogen-bond acceptors (Lipinski definition) is 4. The molecule has 1 aromatic rings. The van der Waals surface area contributed by atoms with Crippen LogP contribution in [0.25, 0.3) is 0 Å². The summed E-state index contributed by atoms with van der Waals surface area (Å²) in [6, 6.07) is 7.48. The maximum absolute atomic E-state index is 12.9.